The molecule has 0 saturated heterocycles. The van der Waals surface area contributed by atoms with Crippen LogP contribution in [-0.2, 0) is 65.4 Å². The number of aliphatic hydroxyl groups is 1. The molecule has 0 fully saturated rings. The molecule has 0 bridgehead atoms. The van der Waals surface area contributed by atoms with Crippen molar-refractivity contribution in [3.8, 4) is 0 Å². The Labute approximate surface area is 556 Å². The fourth-order valence-corrected chi connectivity index (χ4v) is 12.4. The Bertz CT molecular complexity index is 1790. The second-order valence-corrected chi connectivity index (χ2v) is 30.1. The molecule has 3 unspecified atom stereocenters. The van der Waals surface area contributed by atoms with Gasteiger partial charge in [0.25, 0.3) is 0 Å². The molecule has 0 amide bonds. The van der Waals surface area contributed by atoms with Gasteiger partial charge in [-0.1, -0.05) is 312 Å². The number of hydrogen-bond acceptors (Lipinski definition) is 15. The number of carbonyl (C=O) groups excluding carboxylic acids is 4. The molecule has 0 radical (unpaired) electrons. The van der Waals surface area contributed by atoms with Crippen LogP contribution in [0.15, 0.2) is 0 Å². The standard InChI is InChI=1S/C72H140O17P2/c1-8-10-11-12-13-14-15-16-17-18-19-20-21-22-23-26-32-41-48-55-71(76)88-67(59-82-69(74)53-46-39-31-27-24-25-29-36-43-50-63(3)4)61-86-90(78,79)84-57-66(73)58-85-91(80,81)87-62-68(89-72(77)56-49-42-33-28-30-37-44-51-64(5)6)60-83-70(75)54-47-40-35-34-38-45-52-65(7)9-2/h63-68,73H,8-62H2,1-7H3,(H,78,79)(H,80,81)/t65?,66-,67-,68-/m1/s1. The van der Waals surface area contributed by atoms with Gasteiger partial charge in [0.05, 0.1) is 26.4 Å². The number of phosphoric acid groups is 2. The Morgan fingerprint density at radius 2 is 0.560 bits per heavy atom. The van der Waals surface area contributed by atoms with Crippen LogP contribution in [-0.4, -0.2) is 96.7 Å². The van der Waals surface area contributed by atoms with Crippen LogP contribution in [0.4, 0.5) is 0 Å². The summed E-state index contributed by atoms with van der Waals surface area (Å²) in [6.07, 6.45) is 47.5. The van der Waals surface area contributed by atoms with Gasteiger partial charge in [-0.2, -0.15) is 0 Å². The highest BCUT2D eigenvalue weighted by Crippen LogP contribution is 2.45. The van der Waals surface area contributed by atoms with Crippen LogP contribution in [0.5, 0.6) is 0 Å². The maximum Gasteiger partial charge on any atom is 0.472 e. The van der Waals surface area contributed by atoms with E-state index in [1.54, 1.807) is 0 Å². The number of rotatable bonds is 70. The number of esters is 4. The van der Waals surface area contributed by atoms with Gasteiger partial charge < -0.3 is 33.8 Å². The summed E-state index contributed by atoms with van der Waals surface area (Å²) in [6.45, 7) is 11.7. The van der Waals surface area contributed by atoms with E-state index in [0.29, 0.717) is 31.6 Å². The van der Waals surface area contributed by atoms with Crippen LogP contribution in [0.25, 0.3) is 0 Å². The Balaban J connectivity index is 5.21. The first-order chi connectivity index (χ1) is 43.8. The smallest absolute Gasteiger partial charge is 0.462 e. The van der Waals surface area contributed by atoms with Gasteiger partial charge in [-0.15, -0.1) is 0 Å². The summed E-state index contributed by atoms with van der Waals surface area (Å²) in [5.74, 6) is 0.0423. The van der Waals surface area contributed by atoms with Crippen molar-refractivity contribution in [2.24, 2.45) is 17.8 Å². The Morgan fingerprint density at radius 1 is 0.319 bits per heavy atom. The monoisotopic (exact) mass is 1340 g/mol. The number of phosphoric ester groups is 2. The quantitative estimate of drug-likeness (QED) is 0.0222. The van der Waals surface area contributed by atoms with E-state index in [9.17, 15) is 43.2 Å². The Kier molecular flexibility index (Phi) is 61.5. The molecular formula is C72H140O17P2. The Morgan fingerprint density at radius 3 is 0.835 bits per heavy atom. The zero-order valence-corrected chi connectivity index (χ0v) is 61.1. The summed E-state index contributed by atoms with van der Waals surface area (Å²) in [7, 11) is -9.90. The molecule has 19 heteroatoms. The van der Waals surface area contributed by atoms with Gasteiger partial charge in [-0.05, 0) is 43.4 Å². The minimum atomic E-state index is -4.95. The lowest BCUT2D eigenvalue weighted by Crippen LogP contribution is -2.30. The van der Waals surface area contributed by atoms with Gasteiger partial charge in [-0.3, -0.25) is 37.3 Å². The molecule has 0 spiro atoms. The first-order valence-corrected chi connectivity index (χ1v) is 40.4. The molecule has 0 aliphatic rings. The van der Waals surface area contributed by atoms with Crippen LogP contribution >= 0.6 is 15.6 Å². The van der Waals surface area contributed by atoms with E-state index in [1.165, 1.54) is 167 Å². The lowest BCUT2D eigenvalue weighted by Gasteiger charge is -2.21. The SMILES string of the molecule is CCCCCCCCCCCCCCCCCCCCCC(=O)O[C@H](COC(=O)CCCCCCCCCCCC(C)C)COP(=O)(O)OC[C@@H](O)COP(=O)(O)OC[C@@H](COC(=O)CCCCCCCCC(C)CC)OC(=O)CCCCCCCCCC(C)C. The normalized spacial score (nSPS) is 14.5. The zero-order chi connectivity index (χ0) is 67.3. The topological polar surface area (TPSA) is 237 Å². The summed E-state index contributed by atoms with van der Waals surface area (Å²) >= 11 is 0. The summed E-state index contributed by atoms with van der Waals surface area (Å²) in [5, 5.41) is 10.6. The van der Waals surface area contributed by atoms with Crippen molar-refractivity contribution in [3.05, 3.63) is 0 Å². The zero-order valence-electron chi connectivity index (χ0n) is 59.3. The second kappa shape index (κ2) is 62.8. The van der Waals surface area contributed by atoms with Crippen LogP contribution in [0.2, 0.25) is 0 Å². The minimum Gasteiger partial charge on any atom is -0.462 e. The van der Waals surface area contributed by atoms with Crippen LogP contribution < -0.4 is 0 Å². The van der Waals surface area contributed by atoms with Crippen LogP contribution in [0, 0.1) is 17.8 Å². The second-order valence-electron chi connectivity index (χ2n) is 27.2. The number of hydrogen-bond donors (Lipinski definition) is 3. The average Bonchev–Trinajstić information content (AvgIpc) is 2.61. The number of ether oxygens (including phenoxy) is 4. The lowest BCUT2D eigenvalue weighted by molar-refractivity contribution is -0.161. The fraction of sp³-hybridized carbons (Fsp3) is 0.944. The molecule has 3 N–H and O–H groups in total. The van der Waals surface area contributed by atoms with Gasteiger partial charge in [0.2, 0.25) is 0 Å². The first kappa shape index (κ1) is 89.1. The third-order valence-electron chi connectivity index (χ3n) is 17.0. The summed E-state index contributed by atoms with van der Waals surface area (Å²) in [4.78, 5) is 72.6. The predicted octanol–water partition coefficient (Wildman–Crippen LogP) is 20.6. The van der Waals surface area contributed by atoms with E-state index >= 15 is 0 Å². The van der Waals surface area contributed by atoms with E-state index in [-0.39, 0.29) is 25.7 Å². The van der Waals surface area contributed by atoms with Crippen molar-refractivity contribution in [2.45, 2.75) is 381 Å². The maximum atomic E-state index is 13.0. The van der Waals surface area contributed by atoms with E-state index in [0.717, 1.165) is 108 Å². The van der Waals surface area contributed by atoms with Crippen LogP contribution in [0.1, 0.15) is 363 Å². The van der Waals surface area contributed by atoms with Crippen molar-refractivity contribution in [1.29, 1.82) is 0 Å². The number of aliphatic hydroxyl groups excluding tert-OH is 1. The van der Waals surface area contributed by atoms with Crippen LogP contribution in [0.3, 0.4) is 0 Å². The third-order valence-corrected chi connectivity index (χ3v) is 18.9. The molecule has 0 aliphatic carbocycles. The molecule has 0 heterocycles. The van der Waals surface area contributed by atoms with Crippen molar-refractivity contribution in [2.75, 3.05) is 39.6 Å². The average molecular weight is 1340 g/mol. The molecule has 0 aromatic rings. The molecule has 0 aromatic carbocycles. The minimum absolute atomic E-state index is 0.102. The van der Waals surface area contributed by atoms with E-state index in [4.69, 9.17) is 37.0 Å². The molecule has 0 aliphatic heterocycles. The van der Waals surface area contributed by atoms with Gasteiger partial charge >= 0.3 is 39.5 Å². The van der Waals surface area contributed by atoms with Gasteiger partial charge in [0, 0.05) is 25.7 Å². The maximum absolute atomic E-state index is 13.0. The number of unbranched alkanes of at least 4 members (excludes halogenated alkanes) is 37. The first-order valence-electron chi connectivity index (χ1n) is 37.4. The highest BCUT2D eigenvalue weighted by atomic mass is 31.2. The third kappa shape index (κ3) is 65.1. The van der Waals surface area contributed by atoms with Crippen molar-refractivity contribution in [1.82, 2.24) is 0 Å². The predicted molar refractivity (Wildman–Crippen MR) is 368 cm³/mol. The van der Waals surface area contributed by atoms with E-state index in [2.05, 4.69) is 48.5 Å². The highest BCUT2D eigenvalue weighted by molar-refractivity contribution is 7.47. The van der Waals surface area contributed by atoms with Gasteiger partial charge in [0.15, 0.2) is 12.2 Å². The molecule has 0 aromatic heterocycles. The molecule has 0 saturated carbocycles. The van der Waals surface area contributed by atoms with E-state index in [1.807, 2.05) is 0 Å². The lowest BCUT2D eigenvalue weighted by atomic mass is 10.00. The molecule has 91 heavy (non-hydrogen) atoms. The molecule has 17 nitrogen and oxygen atoms in total. The molecule has 0 rings (SSSR count). The highest BCUT2D eigenvalue weighted by Gasteiger charge is 2.30. The number of carbonyl (C=O) groups is 4. The summed E-state index contributed by atoms with van der Waals surface area (Å²) in [5.41, 5.74) is 0. The van der Waals surface area contributed by atoms with E-state index < -0.39 is 97.5 Å². The molecule has 6 atom stereocenters. The van der Waals surface area contributed by atoms with Gasteiger partial charge in [-0.25, -0.2) is 9.13 Å². The summed E-state index contributed by atoms with van der Waals surface area (Å²) < 4.78 is 68.3. The molecular weight excluding hydrogens is 1200 g/mol. The molecule has 540 valence electrons. The van der Waals surface area contributed by atoms with Crippen molar-refractivity contribution >= 4 is 39.5 Å². The largest absolute Gasteiger partial charge is 0.472 e. The van der Waals surface area contributed by atoms with Gasteiger partial charge in [0.1, 0.15) is 19.3 Å². The van der Waals surface area contributed by atoms with Crippen molar-refractivity contribution < 1.29 is 80.2 Å². The Hall–Kier alpha value is -1.94. The van der Waals surface area contributed by atoms with Crippen molar-refractivity contribution in [3.63, 3.8) is 0 Å². The fourth-order valence-electron chi connectivity index (χ4n) is 10.9. The summed E-state index contributed by atoms with van der Waals surface area (Å²) in [6, 6.07) is 0.